The maximum Gasteiger partial charge on any atom is 0.335 e. The van der Waals surface area contributed by atoms with Crippen LogP contribution in [0.2, 0.25) is 0 Å². The normalized spacial score (nSPS) is 28.4. The van der Waals surface area contributed by atoms with Gasteiger partial charge in [-0.3, -0.25) is 4.79 Å². The molecule has 3 rings (SSSR count). The molecule has 3 N–H and O–H groups in total. The molecule has 1 aliphatic carbocycles. The van der Waals surface area contributed by atoms with Crippen molar-refractivity contribution in [3.05, 3.63) is 23.8 Å². The third-order valence-electron chi connectivity index (χ3n) is 4.32. The fraction of sp³-hybridized carbons (Fsp3) is 0.467. The fourth-order valence-corrected chi connectivity index (χ4v) is 3.32. The highest BCUT2D eigenvalue weighted by Gasteiger charge is 2.44. The number of aromatic carboxylic acids is 1. The van der Waals surface area contributed by atoms with Gasteiger partial charge in [-0.05, 0) is 37.0 Å². The lowest BCUT2D eigenvalue weighted by molar-refractivity contribution is -0.122. The van der Waals surface area contributed by atoms with E-state index in [1.54, 1.807) is 12.1 Å². The molecule has 1 heterocycles. The minimum absolute atomic E-state index is 0.0425. The van der Waals surface area contributed by atoms with E-state index in [0.29, 0.717) is 11.6 Å². The summed E-state index contributed by atoms with van der Waals surface area (Å²) in [6, 6.07) is 4.80. The summed E-state index contributed by atoms with van der Waals surface area (Å²) in [6.45, 7) is 2.17. The molecular formula is C15H18N2O3. The Labute approximate surface area is 117 Å². The Morgan fingerprint density at radius 3 is 2.90 bits per heavy atom. The van der Waals surface area contributed by atoms with Crippen LogP contribution in [-0.2, 0) is 4.79 Å². The Morgan fingerprint density at radius 2 is 2.20 bits per heavy atom. The quantitative estimate of drug-likeness (QED) is 0.735. The van der Waals surface area contributed by atoms with Crippen LogP contribution in [0.3, 0.4) is 0 Å². The Hall–Kier alpha value is -2.04. The third-order valence-corrected chi connectivity index (χ3v) is 4.32. The van der Waals surface area contributed by atoms with E-state index in [-0.39, 0.29) is 11.5 Å². The maximum absolute atomic E-state index is 12.4. The molecule has 1 fully saturated rings. The summed E-state index contributed by atoms with van der Waals surface area (Å²) >= 11 is 0. The number of hydrogen-bond donors (Lipinski definition) is 3. The van der Waals surface area contributed by atoms with Gasteiger partial charge in [0.2, 0.25) is 5.91 Å². The Morgan fingerprint density at radius 1 is 1.40 bits per heavy atom. The van der Waals surface area contributed by atoms with Gasteiger partial charge in [-0.2, -0.15) is 0 Å². The highest BCUT2D eigenvalue weighted by molar-refractivity contribution is 6.07. The van der Waals surface area contributed by atoms with Crippen LogP contribution in [-0.4, -0.2) is 22.5 Å². The van der Waals surface area contributed by atoms with Crippen LogP contribution in [0.15, 0.2) is 18.2 Å². The van der Waals surface area contributed by atoms with Gasteiger partial charge in [0.05, 0.1) is 16.9 Å². The van der Waals surface area contributed by atoms with Crippen molar-refractivity contribution in [2.24, 2.45) is 5.92 Å². The number of hydrogen-bond acceptors (Lipinski definition) is 3. The molecule has 5 nitrogen and oxygen atoms in total. The first kappa shape index (κ1) is 13.0. The van der Waals surface area contributed by atoms with Gasteiger partial charge >= 0.3 is 5.97 Å². The summed E-state index contributed by atoms with van der Waals surface area (Å²) in [5.74, 6) is -0.519. The zero-order chi connectivity index (χ0) is 14.3. The molecule has 0 bridgehead atoms. The third kappa shape index (κ3) is 2.03. The number of anilines is 2. The molecule has 2 atom stereocenters. The van der Waals surface area contributed by atoms with E-state index in [0.717, 1.165) is 31.4 Å². The van der Waals surface area contributed by atoms with Crippen LogP contribution in [0, 0.1) is 5.92 Å². The van der Waals surface area contributed by atoms with Gasteiger partial charge in [-0.25, -0.2) is 4.79 Å². The minimum atomic E-state index is -0.992. The number of rotatable bonds is 1. The zero-order valence-electron chi connectivity index (χ0n) is 11.4. The number of amides is 1. The number of nitrogens with one attached hydrogen (secondary N) is 2. The molecule has 1 aromatic carbocycles. The van der Waals surface area contributed by atoms with Gasteiger partial charge in [0.1, 0.15) is 5.54 Å². The van der Waals surface area contributed by atoms with Gasteiger partial charge in [0, 0.05) is 0 Å². The van der Waals surface area contributed by atoms with E-state index < -0.39 is 11.5 Å². The topological polar surface area (TPSA) is 78.4 Å². The van der Waals surface area contributed by atoms with Gasteiger partial charge in [-0.15, -0.1) is 0 Å². The van der Waals surface area contributed by atoms with Crippen LogP contribution in [0.25, 0.3) is 0 Å². The van der Waals surface area contributed by atoms with Crippen molar-refractivity contribution in [2.45, 2.75) is 38.1 Å². The molecule has 1 saturated carbocycles. The highest BCUT2D eigenvalue weighted by atomic mass is 16.4. The van der Waals surface area contributed by atoms with Gasteiger partial charge in [0.25, 0.3) is 0 Å². The number of carbonyl (C=O) groups is 2. The van der Waals surface area contributed by atoms with E-state index in [9.17, 15) is 9.59 Å². The summed E-state index contributed by atoms with van der Waals surface area (Å²) in [7, 11) is 0. The summed E-state index contributed by atoms with van der Waals surface area (Å²) in [5.41, 5.74) is 1.01. The fourth-order valence-electron chi connectivity index (χ4n) is 3.32. The Balaban J connectivity index is 1.95. The van der Waals surface area contributed by atoms with Crippen molar-refractivity contribution in [2.75, 3.05) is 10.6 Å². The van der Waals surface area contributed by atoms with Crippen molar-refractivity contribution in [1.82, 2.24) is 0 Å². The molecule has 20 heavy (non-hydrogen) atoms. The van der Waals surface area contributed by atoms with Crippen molar-refractivity contribution in [3.63, 3.8) is 0 Å². The molecule has 2 unspecified atom stereocenters. The molecule has 1 spiro atoms. The van der Waals surface area contributed by atoms with Crippen molar-refractivity contribution < 1.29 is 14.7 Å². The molecular weight excluding hydrogens is 256 g/mol. The first-order chi connectivity index (χ1) is 9.50. The van der Waals surface area contributed by atoms with Crippen molar-refractivity contribution in [3.8, 4) is 0 Å². The number of carbonyl (C=O) groups excluding carboxylic acids is 1. The summed E-state index contributed by atoms with van der Waals surface area (Å²) in [6.07, 6.45) is 3.83. The first-order valence-electron chi connectivity index (χ1n) is 6.97. The summed E-state index contributed by atoms with van der Waals surface area (Å²) < 4.78 is 0. The molecule has 5 heteroatoms. The lowest BCUT2D eigenvalue weighted by Crippen LogP contribution is -2.54. The predicted molar refractivity (Wildman–Crippen MR) is 76.0 cm³/mol. The second-order valence-corrected chi connectivity index (χ2v) is 5.93. The number of carboxylic acids is 1. The van der Waals surface area contributed by atoms with Gasteiger partial charge in [-0.1, -0.05) is 19.8 Å². The van der Waals surface area contributed by atoms with Crippen molar-refractivity contribution >= 4 is 23.3 Å². The first-order valence-corrected chi connectivity index (χ1v) is 6.97. The number of fused-ring (bicyclic) bond motifs is 1. The van der Waals surface area contributed by atoms with E-state index in [1.807, 2.05) is 0 Å². The molecule has 1 aliphatic heterocycles. The largest absolute Gasteiger partial charge is 0.478 e. The molecule has 2 aliphatic rings. The standard InChI is InChI=1S/C15H18N2O3/c1-9-3-2-6-15(8-9)14(20)16-12-7-10(13(18)19)4-5-11(12)17-15/h4-5,7,9,17H,2-3,6,8H2,1H3,(H,16,20)(H,18,19). The van der Waals surface area contributed by atoms with Crippen LogP contribution in [0.4, 0.5) is 11.4 Å². The monoisotopic (exact) mass is 274 g/mol. The van der Waals surface area contributed by atoms with Crippen LogP contribution in [0.5, 0.6) is 0 Å². The smallest absolute Gasteiger partial charge is 0.335 e. The maximum atomic E-state index is 12.4. The molecule has 1 aromatic rings. The van der Waals surface area contributed by atoms with Crippen molar-refractivity contribution in [1.29, 1.82) is 0 Å². The van der Waals surface area contributed by atoms with Crippen LogP contribution >= 0.6 is 0 Å². The Bertz CT molecular complexity index is 584. The van der Waals surface area contributed by atoms with Crippen LogP contribution in [0.1, 0.15) is 43.0 Å². The van der Waals surface area contributed by atoms with Crippen LogP contribution < -0.4 is 10.6 Å². The second kappa shape index (κ2) is 4.51. The SMILES string of the molecule is CC1CCCC2(C1)Nc1ccc(C(=O)O)cc1NC2=O. The lowest BCUT2D eigenvalue weighted by atomic mass is 9.74. The van der Waals surface area contributed by atoms with E-state index in [1.165, 1.54) is 6.07 Å². The number of carboxylic acid groups (broad SMARTS) is 1. The van der Waals surface area contributed by atoms with E-state index in [4.69, 9.17) is 5.11 Å². The number of benzene rings is 1. The molecule has 106 valence electrons. The van der Waals surface area contributed by atoms with E-state index in [2.05, 4.69) is 17.6 Å². The van der Waals surface area contributed by atoms with Gasteiger partial charge in [0.15, 0.2) is 0 Å². The zero-order valence-corrected chi connectivity index (χ0v) is 11.4. The molecule has 0 radical (unpaired) electrons. The minimum Gasteiger partial charge on any atom is -0.478 e. The summed E-state index contributed by atoms with van der Waals surface area (Å²) in [5, 5.41) is 15.2. The molecule has 0 aromatic heterocycles. The Kier molecular flexibility index (Phi) is 2.92. The molecule has 0 saturated heterocycles. The molecule has 1 amide bonds. The second-order valence-electron chi connectivity index (χ2n) is 5.93. The predicted octanol–water partition coefficient (Wildman–Crippen LogP) is 2.70. The summed E-state index contributed by atoms with van der Waals surface area (Å²) in [4.78, 5) is 23.4. The lowest BCUT2D eigenvalue weighted by Gasteiger charge is -2.43. The highest BCUT2D eigenvalue weighted by Crippen LogP contribution is 2.41. The van der Waals surface area contributed by atoms with E-state index >= 15 is 0 Å². The average Bonchev–Trinajstić information content (AvgIpc) is 2.39. The average molecular weight is 274 g/mol. The van der Waals surface area contributed by atoms with Gasteiger partial charge < -0.3 is 15.7 Å².